The van der Waals surface area contributed by atoms with Crippen LogP contribution in [0.5, 0.6) is 0 Å². The van der Waals surface area contributed by atoms with Gasteiger partial charge in [-0.15, -0.1) is 6.58 Å². The van der Waals surface area contributed by atoms with E-state index in [1.165, 1.54) is 22.9 Å². The van der Waals surface area contributed by atoms with Crippen molar-refractivity contribution in [3.05, 3.63) is 76.6 Å². The Kier molecular flexibility index (Phi) is 5.91. The zero-order valence-corrected chi connectivity index (χ0v) is 17.7. The first-order valence-electron chi connectivity index (χ1n) is 10.3. The van der Waals surface area contributed by atoms with Gasteiger partial charge in [-0.3, -0.25) is 19.7 Å². The summed E-state index contributed by atoms with van der Waals surface area (Å²) in [5, 5.41) is 6.03. The van der Waals surface area contributed by atoms with E-state index in [2.05, 4.69) is 22.2 Å². The molecule has 1 aliphatic heterocycles. The first-order chi connectivity index (χ1) is 15.4. The van der Waals surface area contributed by atoms with Crippen LogP contribution in [0.3, 0.4) is 0 Å². The molecule has 1 fully saturated rings. The average Bonchev–Trinajstić information content (AvgIpc) is 3.18. The van der Waals surface area contributed by atoms with Crippen molar-refractivity contribution in [3.8, 4) is 0 Å². The SMILES string of the molecule is C=CCn1cc(C(=O)NC(=O)C2CN(c3ccc(F)cc3)CCN2)c2cc(C)[nH]c2c1=O. The third-order valence-corrected chi connectivity index (χ3v) is 5.49. The molecular weight excluding hydrogens is 413 g/mol. The van der Waals surface area contributed by atoms with Crippen LogP contribution in [0.4, 0.5) is 10.1 Å². The number of hydrogen-bond acceptors (Lipinski definition) is 5. The number of allylic oxidation sites excluding steroid dienone is 1. The van der Waals surface area contributed by atoms with Crippen molar-refractivity contribution >= 4 is 28.4 Å². The molecule has 3 N–H and O–H groups in total. The molecule has 1 aliphatic rings. The van der Waals surface area contributed by atoms with Crippen LogP contribution in [0.25, 0.3) is 10.9 Å². The maximum atomic E-state index is 13.2. The predicted octanol–water partition coefficient (Wildman–Crippen LogP) is 1.70. The van der Waals surface area contributed by atoms with Crippen molar-refractivity contribution in [1.82, 2.24) is 20.2 Å². The summed E-state index contributed by atoms with van der Waals surface area (Å²) in [5.41, 5.74) is 1.81. The summed E-state index contributed by atoms with van der Waals surface area (Å²) in [6.45, 7) is 7.19. The predicted molar refractivity (Wildman–Crippen MR) is 120 cm³/mol. The molecule has 3 heterocycles. The number of aromatic nitrogens is 2. The van der Waals surface area contributed by atoms with Crippen LogP contribution >= 0.6 is 0 Å². The van der Waals surface area contributed by atoms with E-state index in [0.717, 1.165) is 11.4 Å². The molecule has 1 saturated heterocycles. The third-order valence-electron chi connectivity index (χ3n) is 5.49. The van der Waals surface area contributed by atoms with E-state index >= 15 is 0 Å². The fourth-order valence-corrected chi connectivity index (χ4v) is 3.93. The van der Waals surface area contributed by atoms with Crippen LogP contribution in [-0.4, -0.2) is 47.0 Å². The molecule has 1 unspecified atom stereocenters. The number of rotatable bonds is 5. The summed E-state index contributed by atoms with van der Waals surface area (Å²) in [6.07, 6.45) is 3.01. The van der Waals surface area contributed by atoms with Gasteiger partial charge in [0.15, 0.2) is 0 Å². The molecule has 0 saturated carbocycles. The second kappa shape index (κ2) is 8.80. The molecule has 0 spiro atoms. The second-order valence-electron chi connectivity index (χ2n) is 7.78. The van der Waals surface area contributed by atoms with Gasteiger partial charge in [-0.1, -0.05) is 6.08 Å². The van der Waals surface area contributed by atoms with Crippen molar-refractivity contribution in [3.63, 3.8) is 0 Å². The zero-order valence-electron chi connectivity index (χ0n) is 17.7. The number of fused-ring (bicyclic) bond motifs is 1. The van der Waals surface area contributed by atoms with Crippen LogP contribution < -0.4 is 21.1 Å². The average molecular weight is 437 g/mol. The molecule has 4 rings (SSSR count). The number of nitrogens with one attached hydrogen (secondary N) is 3. The van der Waals surface area contributed by atoms with Crippen LogP contribution in [0.15, 0.2) is 54.0 Å². The van der Waals surface area contributed by atoms with Gasteiger partial charge in [0.2, 0.25) is 5.91 Å². The van der Waals surface area contributed by atoms with E-state index in [-0.39, 0.29) is 23.5 Å². The van der Waals surface area contributed by atoms with Crippen LogP contribution in [-0.2, 0) is 11.3 Å². The molecule has 2 aromatic heterocycles. The monoisotopic (exact) mass is 437 g/mol. The number of halogens is 1. The number of amides is 2. The smallest absolute Gasteiger partial charge is 0.275 e. The van der Waals surface area contributed by atoms with Crippen molar-refractivity contribution in [2.45, 2.75) is 19.5 Å². The lowest BCUT2D eigenvalue weighted by Crippen LogP contribution is -2.58. The van der Waals surface area contributed by atoms with E-state index < -0.39 is 17.9 Å². The normalized spacial score (nSPS) is 16.2. The summed E-state index contributed by atoms with van der Waals surface area (Å²) in [4.78, 5) is 43.4. The topological polar surface area (TPSA) is 99.2 Å². The highest BCUT2D eigenvalue weighted by Gasteiger charge is 2.28. The largest absolute Gasteiger partial charge is 0.368 e. The molecule has 166 valence electrons. The molecule has 1 aromatic carbocycles. The van der Waals surface area contributed by atoms with Gasteiger partial charge >= 0.3 is 0 Å². The maximum Gasteiger partial charge on any atom is 0.275 e. The quantitative estimate of drug-likeness (QED) is 0.417. The van der Waals surface area contributed by atoms with E-state index in [1.807, 2.05) is 4.90 Å². The number of aryl methyl sites for hydroxylation is 1. The summed E-state index contributed by atoms with van der Waals surface area (Å²) in [6, 6.07) is 7.16. The van der Waals surface area contributed by atoms with Crippen molar-refractivity contribution in [1.29, 1.82) is 0 Å². The zero-order chi connectivity index (χ0) is 22.8. The Morgan fingerprint density at radius 3 is 2.78 bits per heavy atom. The molecule has 9 heteroatoms. The number of hydrogen-bond donors (Lipinski definition) is 3. The first-order valence-corrected chi connectivity index (χ1v) is 10.3. The fourth-order valence-electron chi connectivity index (χ4n) is 3.93. The highest BCUT2D eigenvalue weighted by atomic mass is 19.1. The molecular formula is C23H24FN5O3. The molecule has 1 atom stereocenters. The lowest BCUT2D eigenvalue weighted by Gasteiger charge is -2.34. The molecule has 8 nitrogen and oxygen atoms in total. The molecule has 2 amide bonds. The Hall–Kier alpha value is -3.72. The number of pyridine rings is 1. The standard InChI is InChI=1S/C23H24FN5O3/c1-3-9-29-12-18(17-11-14(2)26-20(17)23(29)32)21(30)27-22(31)19-13-28(10-8-25-19)16-6-4-15(24)5-7-16/h3-7,11-12,19,25-26H,1,8-10,13H2,2H3,(H,27,30,31). The van der Waals surface area contributed by atoms with Gasteiger partial charge in [-0.2, -0.15) is 0 Å². The summed E-state index contributed by atoms with van der Waals surface area (Å²) in [7, 11) is 0. The highest BCUT2D eigenvalue weighted by molar-refractivity contribution is 6.12. The van der Waals surface area contributed by atoms with Crippen molar-refractivity contribution < 1.29 is 14.0 Å². The number of imide groups is 1. The minimum Gasteiger partial charge on any atom is -0.368 e. The lowest BCUT2D eigenvalue weighted by molar-refractivity contribution is -0.122. The van der Waals surface area contributed by atoms with Crippen molar-refractivity contribution in [2.24, 2.45) is 0 Å². The van der Waals surface area contributed by atoms with Gasteiger partial charge in [0.05, 0.1) is 5.56 Å². The van der Waals surface area contributed by atoms with E-state index in [0.29, 0.717) is 30.5 Å². The number of anilines is 1. The Balaban J connectivity index is 1.54. The number of nitrogens with zero attached hydrogens (tertiary/aromatic N) is 2. The van der Waals surface area contributed by atoms with Crippen molar-refractivity contribution in [2.75, 3.05) is 24.5 Å². The van der Waals surface area contributed by atoms with Gasteiger partial charge < -0.3 is 19.8 Å². The number of carbonyl (C=O) groups is 2. The molecule has 3 aromatic rings. The van der Waals surface area contributed by atoms with Gasteiger partial charge in [0, 0.05) is 49.1 Å². The molecule has 0 radical (unpaired) electrons. The minimum atomic E-state index is -0.625. The van der Waals surface area contributed by atoms with Crippen LogP contribution in [0.2, 0.25) is 0 Å². The van der Waals surface area contributed by atoms with E-state index in [1.54, 1.807) is 31.2 Å². The van der Waals surface area contributed by atoms with Gasteiger partial charge in [-0.05, 0) is 37.3 Å². The first kappa shape index (κ1) is 21.5. The van der Waals surface area contributed by atoms with Gasteiger partial charge in [0.1, 0.15) is 17.4 Å². The van der Waals surface area contributed by atoms with Gasteiger partial charge in [0.25, 0.3) is 11.5 Å². The van der Waals surface area contributed by atoms with Crippen LogP contribution in [0.1, 0.15) is 16.1 Å². The Morgan fingerprint density at radius 1 is 1.31 bits per heavy atom. The number of aromatic amines is 1. The summed E-state index contributed by atoms with van der Waals surface area (Å²) in [5.74, 6) is -1.38. The summed E-state index contributed by atoms with van der Waals surface area (Å²) < 4.78 is 14.6. The minimum absolute atomic E-state index is 0.227. The number of benzene rings is 1. The Morgan fingerprint density at radius 2 is 2.06 bits per heavy atom. The second-order valence-corrected chi connectivity index (χ2v) is 7.78. The van der Waals surface area contributed by atoms with E-state index in [4.69, 9.17) is 0 Å². The maximum absolute atomic E-state index is 13.2. The number of piperazine rings is 1. The number of H-pyrrole nitrogens is 1. The fraction of sp³-hybridized carbons (Fsp3) is 0.261. The lowest BCUT2D eigenvalue weighted by atomic mass is 10.1. The van der Waals surface area contributed by atoms with Gasteiger partial charge in [-0.25, -0.2) is 4.39 Å². The molecule has 32 heavy (non-hydrogen) atoms. The Bertz CT molecular complexity index is 1240. The highest BCUT2D eigenvalue weighted by Crippen LogP contribution is 2.18. The summed E-state index contributed by atoms with van der Waals surface area (Å²) >= 11 is 0. The molecule has 0 bridgehead atoms. The van der Waals surface area contributed by atoms with E-state index in [9.17, 15) is 18.8 Å². The Labute approximate surface area is 183 Å². The molecule has 0 aliphatic carbocycles. The third kappa shape index (κ3) is 4.19. The van der Waals surface area contributed by atoms with Crippen LogP contribution in [0, 0.1) is 12.7 Å². The number of carbonyl (C=O) groups excluding carboxylic acids is 2.